The molecule has 4 aromatic rings. The van der Waals surface area contributed by atoms with Crippen molar-refractivity contribution in [2.75, 3.05) is 4.31 Å². The van der Waals surface area contributed by atoms with Gasteiger partial charge in [-0.2, -0.15) is 0 Å². The first-order valence-electron chi connectivity index (χ1n) is 12.2. The molecule has 0 radical (unpaired) electrons. The first-order valence-corrected chi connectivity index (χ1v) is 14.1. The third-order valence-corrected chi connectivity index (χ3v) is 8.91. The summed E-state index contributed by atoms with van der Waals surface area (Å²) in [5.74, 6) is -1.48. The summed E-state index contributed by atoms with van der Waals surface area (Å²) in [4.78, 5) is 24.5. The fourth-order valence-corrected chi connectivity index (χ4v) is 6.58. The molecule has 1 amide bonds. The molecule has 1 atom stereocenters. The van der Waals surface area contributed by atoms with Gasteiger partial charge in [-0.3, -0.25) is 9.10 Å². The van der Waals surface area contributed by atoms with Crippen molar-refractivity contribution in [1.82, 2.24) is 5.32 Å². The van der Waals surface area contributed by atoms with Crippen molar-refractivity contribution in [1.29, 1.82) is 0 Å². The molecule has 9 heteroatoms. The molecule has 0 spiro atoms. The first-order chi connectivity index (χ1) is 18.6. The van der Waals surface area contributed by atoms with E-state index < -0.39 is 27.9 Å². The molecule has 0 bridgehead atoms. The van der Waals surface area contributed by atoms with Gasteiger partial charge in [-0.1, -0.05) is 65.7 Å². The molecule has 1 aliphatic heterocycles. The summed E-state index contributed by atoms with van der Waals surface area (Å²) in [6.45, 7) is 2.09. The SMILES string of the molecule is Cc1ccc(Cl)c(-c2ccc(S(=O)(=O)N3c4ccccc4C[C@H]3C(=O)NCc3ccc(C(=O)O)cc3)cc2)c1. The number of nitrogens with zero attached hydrogens (tertiary/aromatic N) is 1. The zero-order valence-electron chi connectivity index (χ0n) is 21.0. The van der Waals surface area contributed by atoms with Gasteiger partial charge in [-0.25, -0.2) is 13.2 Å². The number of aryl methyl sites for hydroxylation is 1. The highest BCUT2D eigenvalue weighted by atomic mass is 35.5. The maximum absolute atomic E-state index is 13.9. The van der Waals surface area contributed by atoms with Crippen LogP contribution in [0.5, 0.6) is 0 Å². The Bertz CT molecular complexity index is 1670. The Hall–Kier alpha value is -4.14. The van der Waals surface area contributed by atoms with Crippen LogP contribution in [0.3, 0.4) is 0 Å². The molecule has 0 fully saturated rings. The van der Waals surface area contributed by atoms with Gasteiger partial charge in [0.05, 0.1) is 16.1 Å². The molecular formula is C30H25ClN2O5S. The van der Waals surface area contributed by atoms with Crippen molar-refractivity contribution in [2.45, 2.75) is 30.8 Å². The van der Waals surface area contributed by atoms with E-state index in [1.807, 2.05) is 37.3 Å². The van der Waals surface area contributed by atoms with Crippen LogP contribution in [0.25, 0.3) is 11.1 Å². The van der Waals surface area contributed by atoms with Gasteiger partial charge in [0.1, 0.15) is 6.04 Å². The molecule has 2 N–H and O–H groups in total. The van der Waals surface area contributed by atoms with Crippen molar-refractivity contribution in [3.05, 3.63) is 118 Å². The quantitative estimate of drug-likeness (QED) is 0.313. The van der Waals surface area contributed by atoms with Crippen LogP contribution in [0.1, 0.15) is 27.0 Å². The average Bonchev–Trinajstić information content (AvgIpc) is 3.34. The zero-order chi connectivity index (χ0) is 27.7. The Kier molecular flexibility index (Phi) is 7.16. The van der Waals surface area contributed by atoms with Crippen LogP contribution >= 0.6 is 11.6 Å². The van der Waals surface area contributed by atoms with Crippen LogP contribution in [0.2, 0.25) is 5.02 Å². The van der Waals surface area contributed by atoms with Gasteiger partial charge in [-0.05, 0) is 66.1 Å². The van der Waals surface area contributed by atoms with Crippen LogP contribution in [-0.4, -0.2) is 31.4 Å². The van der Waals surface area contributed by atoms with E-state index in [-0.39, 0.29) is 23.4 Å². The number of amides is 1. The molecule has 4 aromatic carbocycles. The molecule has 0 unspecified atom stereocenters. The minimum absolute atomic E-state index is 0.0637. The summed E-state index contributed by atoms with van der Waals surface area (Å²) in [7, 11) is -4.09. The number of carbonyl (C=O) groups excluding carboxylic acids is 1. The fourth-order valence-electron chi connectivity index (χ4n) is 4.71. The van der Waals surface area contributed by atoms with Crippen LogP contribution in [0.4, 0.5) is 5.69 Å². The van der Waals surface area contributed by atoms with Crippen molar-refractivity contribution in [3.8, 4) is 11.1 Å². The summed E-state index contributed by atoms with van der Waals surface area (Å²) in [6.07, 6.45) is 0.232. The highest BCUT2D eigenvalue weighted by Gasteiger charge is 2.42. The Labute approximate surface area is 231 Å². The van der Waals surface area contributed by atoms with Crippen molar-refractivity contribution in [2.24, 2.45) is 0 Å². The number of benzene rings is 4. The third kappa shape index (κ3) is 5.26. The maximum atomic E-state index is 13.9. The Morgan fingerprint density at radius 2 is 1.67 bits per heavy atom. The Balaban J connectivity index is 1.42. The Morgan fingerprint density at radius 1 is 0.974 bits per heavy atom. The topological polar surface area (TPSA) is 104 Å². The smallest absolute Gasteiger partial charge is 0.335 e. The molecule has 198 valence electrons. The van der Waals surface area contributed by atoms with Gasteiger partial charge >= 0.3 is 5.97 Å². The molecule has 7 nitrogen and oxygen atoms in total. The number of para-hydroxylation sites is 1. The molecule has 0 aliphatic carbocycles. The van der Waals surface area contributed by atoms with Crippen LogP contribution in [0, 0.1) is 6.92 Å². The van der Waals surface area contributed by atoms with Crippen molar-refractivity contribution in [3.63, 3.8) is 0 Å². The van der Waals surface area contributed by atoms with E-state index in [2.05, 4.69) is 5.32 Å². The number of carbonyl (C=O) groups is 2. The zero-order valence-corrected chi connectivity index (χ0v) is 22.5. The molecule has 0 saturated heterocycles. The standard InChI is InChI=1S/C30H25ClN2O5S/c1-19-6-15-26(31)25(16-19)21-11-13-24(14-12-21)39(37,38)33-27-5-3-2-4-23(27)17-28(33)29(34)32-18-20-7-9-22(10-8-20)30(35)36/h2-16,28H,17-18H2,1H3,(H,32,34)(H,35,36)/t28-/m0/s1. The number of carboxylic acid groups (broad SMARTS) is 1. The monoisotopic (exact) mass is 560 g/mol. The predicted octanol–water partition coefficient (Wildman–Crippen LogP) is 5.45. The van der Waals surface area contributed by atoms with E-state index in [9.17, 15) is 18.0 Å². The Morgan fingerprint density at radius 3 is 2.36 bits per heavy atom. The second-order valence-electron chi connectivity index (χ2n) is 9.38. The van der Waals surface area contributed by atoms with Crippen LogP contribution < -0.4 is 9.62 Å². The lowest BCUT2D eigenvalue weighted by Gasteiger charge is -2.26. The van der Waals surface area contributed by atoms with E-state index in [0.717, 1.165) is 22.3 Å². The number of sulfonamides is 1. The maximum Gasteiger partial charge on any atom is 0.335 e. The minimum atomic E-state index is -4.09. The van der Waals surface area contributed by atoms with E-state index in [0.29, 0.717) is 16.3 Å². The largest absolute Gasteiger partial charge is 0.478 e. The second-order valence-corrected chi connectivity index (χ2v) is 11.6. The lowest BCUT2D eigenvalue weighted by Crippen LogP contribution is -2.47. The molecule has 0 saturated carbocycles. The van der Waals surface area contributed by atoms with Crippen LogP contribution in [-0.2, 0) is 27.8 Å². The lowest BCUT2D eigenvalue weighted by molar-refractivity contribution is -0.122. The summed E-state index contributed by atoms with van der Waals surface area (Å²) < 4.78 is 29.0. The van der Waals surface area contributed by atoms with E-state index in [1.54, 1.807) is 36.4 Å². The molecular weight excluding hydrogens is 536 g/mol. The van der Waals surface area contributed by atoms with Crippen LogP contribution in [0.15, 0.2) is 95.9 Å². The number of halogens is 1. The van der Waals surface area contributed by atoms with E-state index in [4.69, 9.17) is 16.7 Å². The molecule has 1 heterocycles. The fraction of sp³-hybridized carbons (Fsp3) is 0.133. The highest BCUT2D eigenvalue weighted by molar-refractivity contribution is 7.93. The molecule has 1 aliphatic rings. The number of rotatable bonds is 7. The van der Waals surface area contributed by atoms with E-state index >= 15 is 0 Å². The van der Waals surface area contributed by atoms with Gasteiger partial charge < -0.3 is 10.4 Å². The van der Waals surface area contributed by atoms with E-state index in [1.165, 1.54) is 28.6 Å². The third-order valence-electron chi connectivity index (χ3n) is 6.74. The lowest BCUT2D eigenvalue weighted by atomic mass is 10.0. The molecule has 0 aromatic heterocycles. The second kappa shape index (κ2) is 10.6. The number of aromatic carboxylic acids is 1. The summed E-state index contributed by atoms with van der Waals surface area (Å²) in [5.41, 5.74) is 4.69. The number of fused-ring (bicyclic) bond motifs is 1. The summed E-state index contributed by atoms with van der Waals surface area (Å²) in [5, 5.41) is 12.5. The van der Waals surface area contributed by atoms with Crippen molar-refractivity contribution < 1.29 is 23.1 Å². The van der Waals surface area contributed by atoms with Gasteiger partial charge in [0.25, 0.3) is 10.0 Å². The highest BCUT2D eigenvalue weighted by Crippen LogP contribution is 2.37. The van der Waals surface area contributed by atoms with Gasteiger partial charge in [0.15, 0.2) is 0 Å². The number of hydrogen-bond acceptors (Lipinski definition) is 4. The number of carboxylic acids is 1. The summed E-state index contributed by atoms with van der Waals surface area (Å²) >= 11 is 6.37. The van der Waals surface area contributed by atoms with Gasteiger partial charge in [0.2, 0.25) is 5.91 Å². The van der Waals surface area contributed by atoms with Crippen molar-refractivity contribution >= 4 is 39.2 Å². The molecule has 39 heavy (non-hydrogen) atoms. The average molecular weight is 561 g/mol. The first kappa shape index (κ1) is 26.5. The predicted molar refractivity (Wildman–Crippen MR) is 150 cm³/mol. The normalized spacial score (nSPS) is 14.6. The van der Waals surface area contributed by atoms with Gasteiger partial charge in [0, 0.05) is 23.6 Å². The summed E-state index contributed by atoms with van der Waals surface area (Å²) in [6, 6.07) is 24.4. The molecule has 5 rings (SSSR count). The minimum Gasteiger partial charge on any atom is -0.478 e. The van der Waals surface area contributed by atoms with Gasteiger partial charge in [-0.15, -0.1) is 0 Å². The number of hydrogen-bond donors (Lipinski definition) is 2. The number of nitrogens with one attached hydrogen (secondary N) is 1. The number of anilines is 1.